The molecule has 0 unspecified atom stereocenters. The monoisotopic (exact) mass is 198 g/mol. The fourth-order valence-corrected chi connectivity index (χ4v) is 1.19. The molecule has 1 rings (SSSR count). The molecule has 1 aromatic heterocycles. The van der Waals surface area contributed by atoms with Crippen molar-refractivity contribution in [2.45, 2.75) is 6.92 Å². The van der Waals surface area contributed by atoms with Gasteiger partial charge in [-0.05, 0) is 6.92 Å². The Labute approximate surface area is 80.2 Å². The van der Waals surface area contributed by atoms with Crippen molar-refractivity contribution < 1.29 is 14.5 Å². The molecule has 0 amide bonds. The molecule has 0 aliphatic rings. The minimum atomic E-state index is -0.702. The lowest BCUT2D eigenvalue weighted by Gasteiger charge is -2.01. The molecule has 76 valence electrons. The van der Waals surface area contributed by atoms with Crippen molar-refractivity contribution >= 4 is 11.7 Å². The first-order valence-corrected chi connectivity index (χ1v) is 3.88. The SMILES string of the molecule is COC(=O)c1c([N+](=O)[O-])cc(C)n1C. The van der Waals surface area contributed by atoms with Gasteiger partial charge in [-0.25, -0.2) is 4.79 Å². The van der Waals surface area contributed by atoms with Gasteiger partial charge in [0, 0.05) is 18.8 Å². The van der Waals surface area contributed by atoms with E-state index in [1.54, 1.807) is 14.0 Å². The number of aromatic nitrogens is 1. The van der Waals surface area contributed by atoms with Crippen molar-refractivity contribution in [3.05, 3.63) is 27.6 Å². The van der Waals surface area contributed by atoms with Crippen LogP contribution in [-0.4, -0.2) is 22.6 Å². The van der Waals surface area contributed by atoms with Gasteiger partial charge in [-0.15, -0.1) is 0 Å². The molecule has 1 heterocycles. The molecule has 0 aliphatic heterocycles. The first-order valence-electron chi connectivity index (χ1n) is 3.88. The zero-order chi connectivity index (χ0) is 10.9. The molecule has 0 bridgehead atoms. The Morgan fingerprint density at radius 1 is 1.64 bits per heavy atom. The molecule has 6 nitrogen and oxygen atoms in total. The zero-order valence-electron chi connectivity index (χ0n) is 8.10. The molecule has 14 heavy (non-hydrogen) atoms. The van der Waals surface area contributed by atoms with Crippen LogP contribution in [0.1, 0.15) is 16.2 Å². The van der Waals surface area contributed by atoms with Gasteiger partial charge < -0.3 is 9.30 Å². The summed E-state index contributed by atoms with van der Waals surface area (Å²) in [5.74, 6) is -0.702. The maximum Gasteiger partial charge on any atom is 0.361 e. The van der Waals surface area contributed by atoms with E-state index in [1.165, 1.54) is 17.7 Å². The van der Waals surface area contributed by atoms with Crippen LogP contribution in [0.5, 0.6) is 0 Å². The van der Waals surface area contributed by atoms with E-state index < -0.39 is 10.9 Å². The van der Waals surface area contributed by atoms with E-state index in [2.05, 4.69) is 4.74 Å². The summed E-state index contributed by atoms with van der Waals surface area (Å²) < 4.78 is 5.89. The summed E-state index contributed by atoms with van der Waals surface area (Å²) in [4.78, 5) is 21.2. The Bertz CT molecular complexity index is 394. The van der Waals surface area contributed by atoms with E-state index in [4.69, 9.17) is 0 Å². The number of aryl methyl sites for hydroxylation is 1. The van der Waals surface area contributed by atoms with Gasteiger partial charge in [-0.3, -0.25) is 10.1 Å². The number of ether oxygens (including phenoxy) is 1. The van der Waals surface area contributed by atoms with E-state index >= 15 is 0 Å². The summed E-state index contributed by atoms with van der Waals surface area (Å²) >= 11 is 0. The normalized spacial score (nSPS) is 9.93. The van der Waals surface area contributed by atoms with Crippen LogP contribution < -0.4 is 0 Å². The van der Waals surface area contributed by atoms with E-state index in [9.17, 15) is 14.9 Å². The predicted octanol–water partition coefficient (Wildman–Crippen LogP) is 1.03. The summed E-state index contributed by atoms with van der Waals surface area (Å²) in [5.41, 5.74) is 0.379. The molecule has 6 heteroatoms. The second kappa shape index (κ2) is 3.49. The zero-order valence-corrected chi connectivity index (χ0v) is 8.10. The number of hydrogen-bond acceptors (Lipinski definition) is 4. The van der Waals surface area contributed by atoms with Crippen molar-refractivity contribution in [1.29, 1.82) is 0 Å². The predicted molar refractivity (Wildman–Crippen MR) is 48.1 cm³/mol. The quantitative estimate of drug-likeness (QED) is 0.404. The second-order valence-corrected chi connectivity index (χ2v) is 2.83. The molecule has 0 saturated heterocycles. The van der Waals surface area contributed by atoms with E-state index in [0.717, 1.165) is 0 Å². The van der Waals surface area contributed by atoms with E-state index in [0.29, 0.717) is 5.69 Å². The summed E-state index contributed by atoms with van der Waals surface area (Å²) in [5, 5.41) is 10.6. The standard InChI is InChI=1S/C8H10N2O4/c1-5-4-6(10(12)13)7(9(5)2)8(11)14-3/h4H,1-3H3. The van der Waals surface area contributed by atoms with Crippen LogP contribution in [0, 0.1) is 17.0 Å². The highest BCUT2D eigenvalue weighted by atomic mass is 16.6. The first-order chi connectivity index (χ1) is 6.49. The van der Waals surface area contributed by atoms with Crippen LogP contribution in [0.4, 0.5) is 5.69 Å². The van der Waals surface area contributed by atoms with Gasteiger partial charge in [-0.1, -0.05) is 0 Å². The highest BCUT2D eigenvalue weighted by molar-refractivity contribution is 5.92. The molecule has 0 saturated carbocycles. The Morgan fingerprint density at radius 3 is 2.64 bits per heavy atom. The Kier molecular flexibility index (Phi) is 2.55. The number of hydrogen-bond donors (Lipinski definition) is 0. The highest BCUT2D eigenvalue weighted by Gasteiger charge is 2.26. The topological polar surface area (TPSA) is 74.4 Å². The van der Waals surface area contributed by atoms with Gasteiger partial charge in [0.2, 0.25) is 5.69 Å². The summed E-state index contributed by atoms with van der Waals surface area (Å²) in [7, 11) is 2.77. The van der Waals surface area contributed by atoms with Crippen LogP contribution in [0.3, 0.4) is 0 Å². The maximum absolute atomic E-state index is 11.2. The Balaban J connectivity index is 3.37. The van der Waals surface area contributed by atoms with Crippen LogP contribution in [0.15, 0.2) is 6.07 Å². The lowest BCUT2D eigenvalue weighted by atomic mass is 10.3. The van der Waals surface area contributed by atoms with Crippen LogP contribution in [0.2, 0.25) is 0 Å². The smallest absolute Gasteiger partial charge is 0.361 e. The average Bonchev–Trinajstić information content (AvgIpc) is 2.43. The number of methoxy groups -OCH3 is 1. The lowest BCUT2D eigenvalue weighted by Crippen LogP contribution is -2.10. The Morgan fingerprint density at radius 2 is 2.21 bits per heavy atom. The highest BCUT2D eigenvalue weighted by Crippen LogP contribution is 2.22. The molecule has 0 aromatic carbocycles. The Hall–Kier alpha value is -1.85. The fourth-order valence-electron chi connectivity index (χ4n) is 1.19. The molecular formula is C8H10N2O4. The number of carbonyl (C=O) groups is 1. The number of carbonyl (C=O) groups excluding carboxylic acids is 1. The molecular weight excluding hydrogens is 188 g/mol. The molecule has 1 aromatic rings. The van der Waals surface area contributed by atoms with Crippen molar-refractivity contribution in [3.8, 4) is 0 Å². The summed E-state index contributed by atoms with van der Waals surface area (Å²) in [6.07, 6.45) is 0. The molecule has 0 fully saturated rings. The van der Waals surface area contributed by atoms with Gasteiger partial charge >= 0.3 is 11.7 Å². The number of nitrogens with zero attached hydrogens (tertiary/aromatic N) is 2. The van der Waals surface area contributed by atoms with Crippen molar-refractivity contribution in [1.82, 2.24) is 4.57 Å². The third-order valence-electron chi connectivity index (χ3n) is 2.03. The van der Waals surface area contributed by atoms with Gasteiger partial charge in [0.1, 0.15) is 0 Å². The minimum Gasteiger partial charge on any atom is -0.464 e. The average molecular weight is 198 g/mol. The van der Waals surface area contributed by atoms with Crippen molar-refractivity contribution in [2.75, 3.05) is 7.11 Å². The first kappa shape index (κ1) is 10.2. The van der Waals surface area contributed by atoms with Gasteiger partial charge in [0.05, 0.1) is 12.0 Å². The minimum absolute atomic E-state index is 0.0324. The lowest BCUT2D eigenvalue weighted by molar-refractivity contribution is -0.385. The van der Waals surface area contributed by atoms with E-state index in [1.807, 2.05) is 0 Å². The summed E-state index contributed by atoms with van der Waals surface area (Å²) in [6.45, 7) is 1.68. The van der Waals surface area contributed by atoms with Crippen LogP contribution >= 0.6 is 0 Å². The molecule has 0 aliphatic carbocycles. The van der Waals surface area contributed by atoms with Crippen LogP contribution in [0.25, 0.3) is 0 Å². The third kappa shape index (κ3) is 1.46. The summed E-state index contributed by atoms with van der Waals surface area (Å²) in [6, 6.07) is 1.34. The molecule has 0 spiro atoms. The number of nitro groups is 1. The molecule has 0 atom stereocenters. The van der Waals surface area contributed by atoms with E-state index in [-0.39, 0.29) is 11.4 Å². The largest absolute Gasteiger partial charge is 0.464 e. The van der Waals surface area contributed by atoms with Crippen molar-refractivity contribution in [3.63, 3.8) is 0 Å². The molecule has 0 N–H and O–H groups in total. The van der Waals surface area contributed by atoms with Crippen LogP contribution in [-0.2, 0) is 11.8 Å². The van der Waals surface area contributed by atoms with Gasteiger partial charge in [0.25, 0.3) is 0 Å². The van der Waals surface area contributed by atoms with Gasteiger partial charge in [-0.2, -0.15) is 0 Å². The van der Waals surface area contributed by atoms with Crippen molar-refractivity contribution in [2.24, 2.45) is 7.05 Å². The second-order valence-electron chi connectivity index (χ2n) is 2.83. The maximum atomic E-state index is 11.2. The molecule has 0 radical (unpaired) electrons. The third-order valence-corrected chi connectivity index (χ3v) is 2.03. The fraction of sp³-hybridized carbons (Fsp3) is 0.375. The van der Waals surface area contributed by atoms with Gasteiger partial charge in [0.15, 0.2) is 0 Å². The number of esters is 1. The number of rotatable bonds is 2.